The number of halogens is 1. The minimum absolute atomic E-state index is 0.0609. The average Bonchev–Trinajstić information content (AvgIpc) is 3.48. The number of nitrogen functional groups attached to an aromatic ring is 1. The number of ether oxygens (including phenoxy) is 1. The molecule has 1 fully saturated rings. The van der Waals surface area contributed by atoms with Crippen LogP contribution in [0.15, 0.2) is 24.5 Å². The van der Waals surface area contributed by atoms with E-state index < -0.39 is 11.9 Å². The van der Waals surface area contributed by atoms with Gasteiger partial charge in [-0.1, -0.05) is 6.92 Å². The Balaban J connectivity index is 1.48. The lowest BCUT2D eigenvalue weighted by Gasteiger charge is -2.38. The van der Waals surface area contributed by atoms with Crippen LogP contribution in [0, 0.1) is 5.82 Å². The fraction of sp³-hybridized carbons (Fsp3) is 0.500. The molecule has 3 aromatic heterocycles. The molecule has 10 nitrogen and oxygen atoms in total. The zero-order valence-corrected chi connectivity index (χ0v) is 20.4. The van der Waals surface area contributed by atoms with Crippen LogP contribution in [0.2, 0.25) is 0 Å². The number of benzene rings is 1. The number of fused-ring (bicyclic) bond motifs is 3. The Morgan fingerprint density at radius 2 is 2.09 bits per heavy atom. The standard InChI is InChI=1S/C24H31FN8O2/c1-5-20(14(3)34)32-12-16(10-27-32)31-11-15(7-6-13(31)2)22-29-23-17-8-18(25)21(35-4)9-19(17)28-24(26)33(23)30-22/h8-10,12-15,20,34H,5-7,11H2,1-4H3,(H2,26,28). The van der Waals surface area contributed by atoms with Crippen molar-refractivity contribution in [2.24, 2.45) is 0 Å². The molecule has 0 spiro atoms. The zero-order chi connectivity index (χ0) is 24.9. The summed E-state index contributed by atoms with van der Waals surface area (Å²) >= 11 is 0. The second kappa shape index (κ2) is 8.95. The van der Waals surface area contributed by atoms with Crippen molar-refractivity contribution in [3.8, 4) is 5.75 Å². The molecule has 0 bridgehead atoms. The Morgan fingerprint density at radius 3 is 2.80 bits per heavy atom. The SMILES string of the molecule is CCC(C(C)O)n1cc(N2CC(c3nc4c5cc(F)c(OC)cc5nc(N)n4n3)CCC2C)cn1. The van der Waals surface area contributed by atoms with E-state index in [2.05, 4.69) is 27.0 Å². The maximum absolute atomic E-state index is 14.5. The summed E-state index contributed by atoms with van der Waals surface area (Å²) in [5, 5.41) is 19.8. The Labute approximate surface area is 202 Å². The van der Waals surface area contributed by atoms with Crippen molar-refractivity contribution >= 4 is 28.2 Å². The van der Waals surface area contributed by atoms with Crippen LogP contribution < -0.4 is 15.4 Å². The van der Waals surface area contributed by atoms with Gasteiger partial charge in [-0.15, -0.1) is 5.10 Å². The van der Waals surface area contributed by atoms with Gasteiger partial charge < -0.3 is 20.5 Å². The number of methoxy groups -OCH3 is 1. The summed E-state index contributed by atoms with van der Waals surface area (Å²) in [6, 6.07) is 3.14. The van der Waals surface area contributed by atoms with Crippen molar-refractivity contribution in [3.05, 3.63) is 36.2 Å². The predicted octanol–water partition coefficient (Wildman–Crippen LogP) is 3.31. The van der Waals surface area contributed by atoms with Gasteiger partial charge in [-0.05, 0) is 39.2 Å². The van der Waals surface area contributed by atoms with Gasteiger partial charge in [-0.3, -0.25) is 4.68 Å². The molecule has 4 unspecified atom stereocenters. The molecule has 186 valence electrons. The molecule has 5 rings (SSSR count). The second-order valence-corrected chi connectivity index (χ2v) is 9.35. The Morgan fingerprint density at radius 1 is 1.29 bits per heavy atom. The van der Waals surface area contributed by atoms with Crippen LogP contribution in [-0.2, 0) is 0 Å². The zero-order valence-electron chi connectivity index (χ0n) is 20.4. The maximum Gasteiger partial charge on any atom is 0.223 e. The van der Waals surface area contributed by atoms with E-state index in [4.69, 9.17) is 15.5 Å². The Hall–Kier alpha value is -3.47. The third-order valence-electron chi connectivity index (χ3n) is 7.07. The van der Waals surface area contributed by atoms with E-state index in [0.717, 1.165) is 24.9 Å². The average molecular weight is 483 g/mol. The predicted molar refractivity (Wildman–Crippen MR) is 131 cm³/mol. The van der Waals surface area contributed by atoms with Gasteiger partial charge in [0.05, 0.1) is 36.7 Å². The Bertz CT molecular complexity index is 1370. The van der Waals surface area contributed by atoms with E-state index in [0.29, 0.717) is 35.0 Å². The van der Waals surface area contributed by atoms with Crippen LogP contribution in [0.4, 0.5) is 16.0 Å². The van der Waals surface area contributed by atoms with Gasteiger partial charge in [0.1, 0.15) is 0 Å². The molecular formula is C24H31FN8O2. The molecule has 1 aliphatic heterocycles. The number of aromatic nitrogens is 6. The molecule has 0 aliphatic carbocycles. The number of hydrogen-bond donors (Lipinski definition) is 2. The smallest absolute Gasteiger partial charge is 0.223 e. The third kappa shape index (κ3) is 4.03. The maximum atomic E-state index is 14.5. The second-order valence-electron chi connectivity index (χ2n) is 9.35. The summed E-state index contributed by atoms with van der Waals surface area (Å²) in [5.41, 5.74) is 8.16. The molecular weight excluding hydrogens is 451 g/mol. The number of rotatable bonds is 6. The summed E-state index contributed by atoms with van der Waals surface area (Å²) in [6.07, 6.45) is 6.04. The molecule has 35 heavy (non-hydrogen) atoms. The Kier molecular flexibility index (Phi) is 5.96. The largest absolute Gasteiger partial charge is 0.494 e. The molecule has 0 amide bonds. The summed E-state index contributed by atoms with van der Waals surface area (Å²) in [7, 11) is 1.41. The van der Waals surface area contributed by atoms with Gasteiger partial charge in [0.25, 0.3) is 0 Å². The summed E-state index contributed by atoms with van der Waals surface area (Å²) < 4.78 is 22.9. The molecule has 1 aliphatic rings. The lowest BCUT2D eigenvalue weighted by atomic mass is 9.92. The highest BCUT2D eigenvalue weighted by Gasteiger charge is 2.31. The van der Waals surface area contributed by atoms with Gasteiger partial charge in [-0.2, -0.15) is 9.61 Å². The molecule has 1 saturated heterocycles. The number of anilines is 2. The van der Waals surface area contributed by atoms with Crippen LogP contribution in [0.1, 0.15) is 57.8 Å². The minimum atomic E-state index is -0.490. The van der Waals surface area contributed by atoms with Crippen molar-refractivity contribution in [3.63, 3.8) is 0 Å². The first-order chi connectivity index (χ1) is 16.8. The van der Waals surface area contributed by atoms with E-state index in [-0.39, 0.29) is 23.7 Å². The molecule has 0 saturated carbocycles. The number of aliphatic hydroxyl groups is 1. The van der Waals surface area contributed by atoms with Gasteiger partial charge >= 0.3 is 0 Å². The van der Waals surface area contributed by atoms with Crippen LogP contribution in [0.5, 0.6) is 5.75 Å². The lowest BCUT2D eigenvalue weighted by Crippen LogP contribution is -2.41. The number of piperidine rings is 1. The fourth-order valence-corrected chi connectivity index (χ4v) is 5.06. The highest BCUT2D eigenvalue weighted by molar-refractivity contribution is 5.93. The molecule has 11 heteroatoms. The van der Waals surface area contributed by atoms with Crippen molar-refractivity contribution in [1.82, 2.24) is 29.4 Å². The fourth-order valence-electron chi connectivity index (χ4n) is 5.06. The quantitative estimate of drug-likeness (QED) is 0.430. The summed E-state index contributed by atoms with van der Waals surface area (Å²) in [5.74, 6) is 0.515. The van der Waals surface area contributed by atoms with Gasteiger partial charge in [0.15, 0.2) is 23.0 Å². The molecule has 4 aromatic rings. The molecule has 1 aromatic carbocycles. The van der Waals surface area contributed by atoms with Gasteiger partial charge in [0.2, 0.25) is 5.95 Å². The normalized spacial score (nSPS) is 20.5. The summed E-state index contributed by atoms with van der Waals surface area (Å²) in [6.45, 7) is 6.74. The molecule has 0 radical (unpaired) electrons. The topological polar surface area (TPSA) is 120 Å². The summed E-state index contributed by atoms with van der Waals surface area (Å²) in [4.78, 5) is 11.5. The molecule has 4 heterocycles. The van der Waals surface area contributed by atoms with E-state index in [1.807, 2.05) is 24.0 Å². The lowest BCUT2D eigenvalue weighted by molar-refractivity contribution is 0.120. The van der Waals surface area contributed by atoms with Crippen LogP contribution in [-0.4, -0.2) is 60.3 Å². The first kappa shape index (κ1) is 23.3. The first-order valence-corrected chi connectivity index (χ1v) is 12.0. The van der Waals surface area contributed by atoms with Gasteiger partial charge in [0, 0.05) is 36.2 Å². The monoisotopic (exact) mass is 482 g/mol. The first-order valence-electron chi connectivity index (χ1n) is 12.0. The van der Waals surface area contributed by atoms with Crippen molar-refractivity contribution < 1.29 is 14.2 Å². The van der Waals surface area contributed by atoms with Crippen LogP contribution >= 0.6 is 0 Å². The number of nitrogens with two attached hydrogens (primary N) is 1. The highest BCUT2D eigenvalue weighted by Crippen LogP contribution is 2.34. The van der Waals surface area contributed by atoms with Gasteiger partial charge in [-0.25, -0.2) is 14.4 Å². The van der Waals surface area contributed by atoms with E-state index in [1.165, 1.54) is 23.8 Å². The number of hydrogen-bond acceptors (Lipinski definition) is 8. The van der Waals surface area contributed by atoms with Crippen LogP contribution in [0.3, 0.4) is 0 Å². The molecule has 3 N–H and O–H groups in total. The highest BCUT2D eigenvalue weighted by atomic mass is 19.1. The van der Waals surface area contributed by atoms with Crippen molar-refractivity contribution in [1.29, 1.82) is 0 Å². The van der Waals surface area contributed by atoms with E-state index in [1.54, 1.807) is 6.92 Å². The van der Waals surface area contributed by atoms with Crippen LogP contribution in [0.25, 0.3) is 16.6 Å². The molecule has 4 atom stereocenters. The number of nitrogens with zero attached hydrogens (tertiary/aromatic N) is 7. The number of aliphatic hydroxyl groups excluding tert-OH is 1. The van der Waals surface area contributed by atoms with E-state index >= 15 is 0 Å². The minimum Gasteiger partial charge on any atom is -0.494 e. The van der Waals surface area contributed by atoms with Crippen molar-refractivity contribution in [2.75, 3.05) is 24.3 Å². The van der Waals surface area contributed by atoms with E-state index in [9.17, 15) is 9.50 Å². The van der Waals surface area contributed by atoms with Crippen molar-refractivity contribution in [2.45, 2.75) is 64.1 Å². The third-order valence-corrected chi connectivity index (χ3v) is 7.07.